The molecule has 2 heteroatoms. The maximum Gasteiger partial charge on any atom is 0.328 e. The van der Waals surface area contributed by atoms with Gasteiger partial charge in [0.2, 0.25) is 0 Å². The van der Waals surface area contributed by atoms with E-state index in [9.17, 15) is 0 Å². The fourth-order valence-electron chi connectivity index (χ4n) is 6.25. The summed E-state index contributed by atoms with van der Waals surface area (Å²) in [6.45, 7) is 4.83. The quantitative estimate of drug-likeness (QED) is 0.266. The van der Waals surface area contributed by atoms with Gasteiger partial charge in [-0.1, -0.05) is 116 Å². The number of hydrogen-bond acceptors (Lipinski definition) is 1. The molecule has 2 aliphatic rings. The first-order chi connectivity index (χ1) is 17.1. The summed E-state index contributed by atoms with van der Waals surface area (Å²) in [7, 11) is 0. The molecule has 0 saturated heterocycles. The van der Waals surface area contributed by atoms with Crippen LogP contribution in [0.4, 0.5) is 11.4 Å². The second kappa shape index (κ2) is 7.48. The molecule has 0 unspecified atom stereocenters. The SMILES string of the molecule is CC1(C)c2ccccc2-c2cc3c(cc21)-c1ccccc1B(c1ccccc1)N3c1ccccc1. The Bertz CT molecular complexity index is 1570. The van der Waals surface area contributed by atoms with Crippen LogP contribution in [0.1, 0.15) is 25.0 Å². The third kappa shape index (κ3) is 2.90. The molecule has 0 spiro atoms. The molecule has 0 bridgehead atoms. The van der Waals surface area contributed by atoms with Gasteiger partial charge in [0.05, 0.1) is 0 Å². The Balaban J connectivity index is 1.58. The summed E-state index contributed by atoms with van der Waals surface area (Å²) in [5, 5.41) is 0. The second-order valence-electron chi connectivity index (χ2n) is 10.2. The molecule has 7 rings (SSSR count). The Morgan fingerprint density at radius 1 is 0.543 bits per heavy atom. The lowest BCUT2D eigenvalue weighted by atomic mass is 9.45. The van der Waals surface area contributed by atoms with Gasteiger partial charge in [-0.05, 0) is 57.5 Å². The summed E-state index contributed by atoms with van der Waals surface area (Å²) in [5.41, 5.74) is 13.3. The van der Waals surface area contributed by atoms with E-state index < -0.39 is 0 Å². The van der Waals surface area contributed by atoms with Crippen LogP contribution >= 0.6 is 0 Å². The Morgan fingerprint density at radius 2 is 1.17 bits per heavy atom. The predicted octanol–water partition coefficient (Wildman–Crippen LogP) is 6.92. The summed E-state index contributed by atoms with van der Waals surface area (Å²) in [6, 6.07) is 44.6. The zero-order valence-corrected chi connectivity index (χ0v) is 20.1. The van der Waals surface area contributed by atoms with Crippen molar-refractivity contribution in [1.82, 2.24) is 0 Å². The molecule has 0 atom stereocenters. The predicted molar refractivity (Wildman–Crippen MR) is 149 cm³/mol. The minimum atomic E-state index is -0.0241. The van der Waals surface area contributed by atoms with Crippen molar-refractivity contribution in [2.24, 2.45) is 0 Å². The average Bonchev–Trinajstić information content (AvgIpc) is 3.14. The molecule has 0 amide bonds. The standard InChI is InChI=1S/C33H26BN/c1-33(2)29-19-11-9-17-25(29)27-22-32-28(21-30(27)33)26-18-10-12-20-31(26)34(23-13-5-3-6-14-23)35(32)24-15-7-4-8-16-24/h3-22H,1-2H3. The van der Waals surface area contributed by atoms with Crippen molar-refractivity contribution < 1.29 is 0 Å². The molecule has 0 aromatic heterocycles. The lowest BCUT2D eigenvalue weighted by Gasteiger charge is -2.39. The number of rotatable bonds is 2. The molecule has 0 radical (unpaired) electrons. The van der Waals surface area contributed by atoms with Crippen LogP contribution in [0, 0.1) is 0 Å². The van der Waals surface area contributed by atoms with Gasteiger partial charge >= 0.3 is 6.85 Å². The average molecular weight is 447 g/mol. The van der Waals surface area contributed by atoms with Gasteiger partial charge in [0.25, 0.3) is 0 Å². The molecular weight excluding hydrogens is 421 g/mol. The van der Waals surface area contributed by atoms with Crippen molar-refractivity contribution >= 4 is 29.1 Å². The Kier molecular flexibility index (Phi) is 4.35. The Morgan fingerprint density at radius 3 is 1.94 bits per heavy atom. The van der Waals surface area contributed by atoms with E-state index in [1.54, 1.807) is 0 Å². The summed E-state index contributed by atoms with van der Waals surface area (Å²) >= 11 is 0. The van der Waals surface area contributed by atoms with Gasteiger partial charge < -0.3 is 4.81 Å². The first kappa shape index (κ1) is 20.3. The second-order valence-corrected chi connectivity index (χ2v) is 10.2. The van der Waals surface area contributed by atoms with Crippen LogP contribution in [0.15, 0.2) is 121 Å². The Labute approximate surface area is 207 Å². The number of anilines is 2. The molecule has 0 N–H and O–H groups in total. The fraction of sp³-hybridized carbons (Fsp3) is 0.0909. The van der Waals surface area contributed by atoms with Crippen LogP contribution in [0.2, 0.25) is 0 Å². The van der Waals surface area contributed by atoms with Gasteiger partial charge in [0, 0.05) is 22.4 Å². The van der Waals surface area contributed by atoms with E-state index in [0.29, 0.717) is 0 Å². The summed E-state index contributed by atoms with van der Waals surface area (Å²) in [6.07, 6.45) is 0. The highest BCUT2D eigenvalue weighted by Crippen LogP contribution is 2.53. The minimum absolute atomic E-state index is 0.0241. The third-order valence-electron chi connectivity index (χ3n) is 7.91. The first-order valence-electron chi connectivity index (χ1n) is 12.4. The summed E-state index contributed by atoms with van der Waals surface area (Å²) < 4.78 is 0. The van der Waals surface area contributed by atoms with E-state index >= 15 is 0 Å². The highest BCUT2D eigenvalue weighted by Gasteiger charge is 2.41. The van der Waals surface area contributed by atoms with Crippen molar-refractivity contribution in [3.63, 3.8) is 0 Å². The van der Waals surface area contributed by atoms with Gasteiger partial charge in [-0.15, -0.1) is 0 Å². The lowest BCUT2D eigenvalue weighted by molar-refractivity contribution is 0.660. The maximum atomic E-state index is 2.54. The van der Waals surface area contributed by atoms with E-state index in [2.05, 4.69) is 140 Å². The lowest BCUT2D eigenvalue weighted by Crippen LogP contribution is -2.57. The largest absolute Gasteiger partial charge is 0.376 e. The number of hydrogen-bond donors (Lipinski definition) is 0. The topological polar surface area (TPSA) is 3.24 Å². The maximum absolute atomic E-state index is 2.54. The number of nitrogens with zero attached hydrogens (tertiary/aromatic N) is 1. The number of para-hydroxylation sites is 1. The zero-order valence-electron chi connectivity index (χ0n) is 20.1. The third-order valence-corrected chi connectivity index (χ3v) is 7.91. The molecule has 5 aromatic carbocycles. The molecule has 1 nitrogen and oxygen atoms in total. The van der Waals surface area contributed by atoms with Crippen LogP contribution in [-0.4, -0.2) is 6.85 Å². The van der Waals surface area contributed by atoms with Crippen molar-refractivity contribution in [3.8, 4) is 22.3 Å². The van der Waals surface area contributed by atoms with Crippen molar-refractivity contribution in [1.29, 1.82) is 0 Å². The van der Waals surface area contributed by atoms with Crippen LogP contribution in [0.5, 0.6) is 0 Å². The van der Waals surface area contributed by atoms with Crippen molar-refractivity contribution in [3.05, 3.63) is 132 Å². The van der Waals surface area contributed by atoms with E-state index in [1.807, 2.05) is 0 Å². The molecule has 5 aromatic rings. The summed E-state index contributed by atoms with van der Waals surface area (Å²) in [5.74, 6) is 0. The fourth-order valence-corrected chi connectivity index (χ4v) is 6.25. The minimum Gasteiger partial charge on any atom is -0.376 e. The summed E-state index contributed by atoms with van der Waals surface area (Å²) in [4.78, 5) is 2.54. The zero-order chi connectivity index (χ0) is 23.6. The van der Waals surface area contributed by atoms with Crippen LogP contribution in [-0.2, 0) is 5.41 Å². The van der Waals surface area contributed by atoms with Crippen LogP contribution in [0.3, 0.4) is 0 Å². The van der Waals surface area contributed by atoms with E-state index in [-0.39, 0.29) is 12.3 Å². The van der Waals surface area contributed by atoms with Gasteiger partial charge in [0.1, 0.15) is 0 Å². The van der Waals surface area contributed by atoms with Gasteiger partial charge in [-0.25, -0.2) is 0 Å². The number of fused-ring (bicyclic) bond motifs is 6. The highest BCUT2D eigenvalue weighted by atomic mass is 15.1. The van der Waals surface area contributed by atoms with E-state index in [1.165, 1.54) is 55.7 Å². The number of benzene rings is 5. The molecule has 0 fully saturated rings. The van der Waals surface area contributed by atoms with Gasteiger partial charge in [-0.3, -0.25) is 0 Å². The highest BCUT2D eigenvalue weighted by molar-refractivity contribution is 6.90. The van der Waals surface area contributed by atoms with Crippen molar-refractivity contribution in [2.45, 2.75) is 19.3 Å². The Hall–Kier alpha value is -4.04. The molecule has 1 heterocycles. The van der Waals surface area contributed by atoms with Gasteiger partial charge in [-0.2, -0.15) is 0 Å². The van der Waals surface area contributed by atoms with Crippen LogP contribution < -0.4 is 15.7 Å². The molecule has 1 aliphatic heterocycles. The smallest absolute Gasteiger partial charge is 0.328 e. The van der Waals surface area contributed by atoms with Gasteiger partial charge in [0.15, 0.2) is 0 Å². The molecular formula is C33H26BN. The monoisotopic (exact) mass is 447 g/mol. The molecule has 1 aliphatic carbocycles. The van der Waals surface area contributed by atoms with E-state index in [0.717, 1.165) is 0 Å². The van der Waals surface area contributed by atoms with Crippen LogP contribution in [0.25, 0.3) is 22.3 Å². The first-order valence-corrected chi connectivity index (χ1v) is 12.4. The van der Waals surface area contributed by atoms with Crippen molar-refractivity contribution in [2.75, 3.05) is 4.81 Å². The normalized spacial score (nSPS) is 14.7. The molecule has 166 valence electrons. The molecule has 35 heavy (non-hydrogen) atoms. The van der Waals surface area contributed by atoms with E-state index in [4.69, 9.17) is 0 Å². The molecule has 0 saturated carbocycles.